The van der Waals surface area contributed by atoms with Crippen LogP contribution in [-0.2, 0) is 0 Å². The second-order valence-electron chi connectivity index (χ2n) is 5.48. The van der Waals surface area contributed by atoms with Gasteiger partial charge in [0.05, 0.1) is 0 Å². The largest absolute Gasteiger partial charge is 0.310 e. The molecule has 0 saturated carbocycles. The van der Waals surface area contributed by atoms with E-state index in [0.29, 0.717) is 6.04 Å². The molecule has 1 atom stereocenters. The van der Waals surface area contributed by atoms with Crippen molar-refractivity contribution in [2.75, 3.05) is 20.1 Å². The van der Waals surface area contributed by atoms with Crippen molar-refractivity contribution in [1.29, 1.82) is 0 Å². The maximum atomic E-state index is 13.6. The van der Waals surface area contributed by atoms with E-state index >= 15 is 0 Å². The van der Waals surface area contributed by atoms with Crippen LogP contribution in [0.4, 0.5) is 4.39 Å². The highest BCUT2D eigenvalue weighted by Crippen LogP contribution is 2.15. The first kappa shape index (κ1) is 16.1. The van der Waals surface area contributed by atoms with Gasteiger partial charge in [-0.25, -0.2) is 4.39 Å². The lowest BCUT2D eigenvalue weighted by Crippen LogP contribution is -2.28. The number of halogens is 1. The van der Waals surface area contributed by atoms with Gasteiger partial charge in [-0.05, 0) is 59.8 Å². The highest BCUT2D eigenvalue weighted by atomic mass is 19.1. The third-order valence-electron chi connectivity index (χ3n) is 3.64. The third-order valence-corrected chi connectivity index (χ3v) is 3.64. The maximum absolute atomic E-state index is 13.6. The van der Waals surface area contributed by atoms with Crippen LogP contribution in [0, 0.1) is 5.82 Å². The molecule has 0 heterocycles. The molecule has 1 aromatic carbocycles. The zero-order valence-corrected chi connectivity index (χ0v) is 12.6. The second-order valence-corrected chi connectivity index (χ2v) is 5.48. The minimum Gasteiger partial charge on any atom is -0.310 e. The Labute approximate surface area is 117 Å². The van der Waals surface area contributed by atoms with Gasteiger partial charge in [0.15, 0.2) is 0 Å². The Balaban J connectivity index is 2.21. The number of unbranched alkanes of at least 4 members (excludes halogenated alkanes) is 1. The number of hydrogen-bond donors (Lipinski definition) is 1. The summed E-state index contributed by atoms with van der Waals surface area (Å²) in [4.78, 5) is 2.35. The number of rotatable bonds is 8. The second kappa shape index (κ2) is 8.28. The average Bonchev–Trinajstić information content (AvgIpc) is 2.38. The van der Waals surface area contributed by atoms with Gasteiger partial charge in [0.25, 0.3) is 0 Å². The molecule has 0 aromatic heterocycles. The highest BCUT2D eigenvalue weighted by molar-refractivity contribution is 5.20. The molecule has 0 spiro atoms. The van der Waals surface area contributed by atoms with Crippen molar-refractivity contribution in [2.24, 2.45) is 0 Å². The lowest BCUT2D eigenvalue weighted by molar-refractivity contribution is 0.267. The van der Waals surface area contributed by atoms with E-state index < -0.39 is 0 Å². The van der Waals surface area contributed by atoms with E-state index in [9.17, 15) is 4.39 Å². The lowest BCUT2D eigenvalue weighted by atomic mass is 10.1. The summed E-state index contributed by atoms with van der Waals surface area (Å²) in [6, 6.07) is 7.65. The summed E-state index contributed by atoms with van der Waals surface area (Å²) in [6.07, 6.45) is 2.29. The van der Waals surface area contributed by atoms with E-state index in [1.165, 1.54) is 12.5 Å². The van der Waals surface area contributed by atoms with Gasteiger partial charge >= 0.3 is 0 Å². The standard InChI is InChI=1S/C16H27FN2/c1-13(2)19(4)12-8-7-11-18-14(3)15-9-5-6-10-16(15)17/h5-6,9-10,13-14,18H,7-8,11-12H2,1-4H3. The Kier molecular flexibility index (Phi) is 7.03. The van der Waals surface area contributed by atoms with Crippen molar-refractivity contribution in [3.63, 3.8) is 0 Å². The van der Waals surface area contributed by atoms with Crippen molar-refractivity contribution in [3.05, 3.63) is 35.6 Å². The molecule has 1 N–H and O–H groups in total. The molecular weight excluding hydrogens is 239 g/mol. The average molecular weight is 266 g/mol. The van der Waals surface area contributed by atoms with Gasteiger partial charge in [0.2, 0.25) is 0 Å². The fourth-order valence-electron chi connectivity index (χ4n) is 2.00. The van der Waals surface area contributed by atoms with Gasteiger partial charge in [-0.2, -0.15) is 0 Å². The summed E-state index contributed by atoms with van der Waals surface area (Å²) in [5.74, 6) is -0.123. The van der Waals surface area contributed by atoms with Crippen LogP contribution < -0.4 is 5.32 Å². The van der Waals surface area contributed by atoms with Crippen LogP contribution >= 0.6 is 0 Å². The maximum Gasteiger partial charge on any atom is 0.127 e. The van der Waals surface area contributed by atoms with Crippen molar-refractivity contribution in [1.82, 2.24) is 10.2 Å². The number of nitrogens with zero attached hydrogens (tertiary/aromatic N) is 1. The summed E-state index contributed by atoms with van der Waals surface area (Å²) < 4.78 is 13.6. The van der Waals surface area contributed by atoms with Crippen molar-refractivity contribution in [2.45, 2.75) is 45.7 Å². The molecule has 1 aromatic rings. The Morgan fingerprint density at radius 2 is 1.84 bits per heavy atom. The number of nitrogens with one attached hydrogen (secondary N) is 1. The van der Waals surface area contributed by atoms with Crippen LogP contribution in [0.5, 0.6) is 0 Å². The molecule has 0 saturated heterocycles. The van der Waals surface area contributed by atoms with E-state index in [2.05, 4.69) is 31.1 Å². The van der Waals surface area contributed by atoms with Gasteiger partial charge < -0.3 is 10.2 Å². The molecule has 0 radical (unpaired) electrons. The van der Waals surface area contributed by atoms with Crippen LogP contribution in [0.3, 0.4) is 0 Å². The first-order chi connectivity index (χ1) is 9.02. The monoisotopic (exact) mass is 266 g/mol. The van der Waals surface area contributed by atoms with Crippen LogP contribution in [0.15, 0.2) is 24.3 Å². The first-order valence-electron chi connectivity index (χ1n) is 7.20. The Morgan fingerprint density at radius 3 is 2.47 bits per heavy atom. The van der Waals surface area contributed by atoms with Crippen LogP contribution in [-0.4, -0.2) is 31.1 Å². The fraction of sp³-hybridized carbons (Fsp3) is 0.625. The number of benzene rings is 1. The van der Waals surface area contributed by atoms with Crippen molar-refractivity contribution in [3.8, 4) is 0 Å². The SMILES string of the molecule is CC(NCCCCN(C)C(C)C)c1ccccc1F. The molecule has 2 nitrogen and oxygen atoms in total. The summed E-state index contributed by atoms with van der Waals surface area (Å²) in [5.41, 5.74) is 0.752. The molecule has 0 bridgehead atoms. The molecule has 0 amide bonds. The minimum absolute atomic E-state index is 0.0732. The fourth-order valence-corrected chi connectivity index (χ4v) is 2.00. The summed E-state index contributed by atoms with van der Waals surface area (Å²) in [7, 11) is 2.15. The molecule has 3 heteroatoms. The van der Waals surface area contributed by atoms with E-state index in [-0.39, 0.29) is 11.9 Å². The van der Waals surface area contributed by atoms with Crippen LogP contribution in [0.2, 0.25) is 0 Å². The van der Waals surface area contributed by atoms with E-state index in [0.717, 1.165) is 25.1 Å². The van der Waals surface area contributed by atoms with Gasteiger partial charge in [0, 0.05) is 17.6 Å². The predicted octanol–water partition coefficient (Wildman–Crippen LogP) is 3.60. The van der Waals surface area contributed by atoms with Gasteiger partial charge in [-0.3, -0.25) is 0 Å². The molecule has 0 fully saturated rings. The Morgan fingerprint density at radius 1 is 1.16 bits per heavy atom. The highest BCUT2D eigenvalue weighted by Gasteiger charge is 2.09. The van der Waals surface area contributed by atoms with E-state index in [1.807, 2.05) is 19.1 Å². The van der Waals surface area contributed by atoms with Gasteiger partial charge in [-0.1, -0.05) is 18.2 Å². The third kappa shape index (κ3) is 5.70. The topological polar surface area (TPSA) is 15.3 Å². The molecule has 0 aliphatic heterocycles. The molecule has 0 aliphatic carbocycles. The van der Waals surface area contributed by atoms with Crippen molar-refractivity contribution >= 4 is 0 Å². The summed E-state index contributed by atoms with van der Waals surface area (Å²) >= 11 is 0. The molecular formula is C16H27FN2. The van der Waals surface area contributed by atoms with E-state index in [4.69, 9.17) is 0 Å². The zero-order chi connectivity index (χ0) is 14.3. The van der Waals surface area contributed by atoms with Gasteiger partial charge in [-0.15, -0.1) is 0 Å². The lowest BCUT2D eigenvalue weighted by Gasteiger charge is -2.21. The number of hydrogen-bond acceptors (Lipinski definition) is 2. The minimum atomic E-state index is -0.123. The first-order valence-corrected chi connectivity index (χ1v) is 7.20. The zero-order valence-electron chi connectivity index (χ0n) is 12.6. The Hall–Kier alpha value is -0.930. The molecule has 0 aliphatic rings. The molecule has 108 valence electrons. The van der Waals surface area contributed by atoms with Crippen molar-refractivity contribution < 1.29 is 4.39 Å². The quantitative estimate of drug-likeness (QED) is 0.723. The normalized spacial score (nSPS) is 13.2. The molecule has 1 unspecified atom stereocenters. The van der Waals surface area contributed by atoms with Crippen LogP contribution in [0.1, 0.15) is 45.2 Å². The predicted molar refractivity (Wildman–Crippen MR) is 79.8 cm³/mol. The summed E-state index contributed by atoms with van der Waals surface area (Å²) in [6.45, 7) is 8.48. The summed E-state index contributed by atoms with van der Waals surface area (Å²) in [5, 5.41) is 3.38. The Bertz CT molecular complexity index is 366. The van der Waals surface area contributed by atoms with Gasteiger partial charge in [0.1, 0.15) is 5.82 Å². The smallest absolute Gasteiger partial charge is 0.127 e. The molecule has 1 rings (SSSR count). The van der Waals surface area contributed by atoms with Crippen LogP contribution in [0.25, 0.3) is 0 Å². The van der Waals surface area contributed by atoms with E-state index in [1.54, 1.807) is 6.07 Å². The molecule has 19 heavy (non-hydrogen) atoms.